The van der Waals surface area contributed by atoms with Crippen LogP contribution in [0.1, 0.15) is 24.1 Å². The topological polar surface area (TPSA) is 69.7 Å². The van der Waals surface area contributed by atoms with Crippen LogP contribution < -0.4 is 10.2 Å². The summed E-state index contributed by atoms with van der Waals surface area (Å²) in [5, 5.41) is 4.09. The Hall–Kier alpha value is -2.32. The van der Waals surface area contributed by atoms with Gasteiger partial charge >= 0.3 is 0 Å². The molecular formula is C22H25N3O3S2. The van der Waals surface area contributed by atoms with Crippen LogP contribution in [0.5, 0.6) is 0 Å². The van der Waals surface area contributed by atoms with Crippen molar-refractivity contribution in [3.63, 3.8) is 0 Å². The molecule has 0 bridgehead atoms. The van der Waals surface area contributed by atoms with E-state index in [-0.39, 0.29) is 24.3 Å². The number of nitrogens with zero attached hydrogens (tertiary/aromatic N) is 2. The van der Waals surface area contributed by atoms with Crippen molar-refractivity contribution in [3.8, 4) is 0 Å². The van der Waals surface area contributed by atoms with Crippen LogP contribution in [0.4, 0.5) is 5.69 Å². The van der Waals surface area contributed by atoms with Crippen LogP contribution in [0.25, 0.3) is 0 Å². The van der Waals surface area contributed by atoms with Crippen molar-refractivity contribution in [2.24, 2.45) is 0 Å². The van der Waals surface area contributed by atoms with Crippen molar-refractivity contribution < 1.29 is 14.4 Å². The highest BCUT2D eigenvalue weighted by molar-refractivity contribution is 8.01. The van der Waals surface area contributed by atoms with E-state index in [9.17, 15) is 14.4 Å². The summed E-state index contributed by atoms with van der Waals surface area (Å²) in [7, 11) is 0. The molecule has 3 amide bonds. The SMILES string of the molecule is O=C(CN1C(=O)[C@H](C(=O)N2CCCCC2)Sc2ccccc21)NCCc1cccs1. The van der Waals surface area contributed by atoms with Crippen LogP contribution >= 0.6 is 23.1 Å². The summed E-state index contributed by atoms with van der Waals surface area (Å²) < 4.78 is 0. The van der Waals surface area contributed by atoms with E-state index in [0.717, 1.165) is 30.6 Å². The second-order valence-corrected chi connectivity index (χ2v) is 9.63. The molecule has 1 saturated heterocycles. The molecule has 0 saturated carbocycles. The Morgan fingerprint density at radius 3 is 2.63 bits per heavy atom. The Labute approximate surface area is 184 Å². The third-order valence-corrected chi connectivity index (χ3v) is 7.53. The van der Waals surface area contributed by atoms with E-state index in [2.05, 4.69) is 5.32 Å². The van der Waals surface area contributed by atoms with E-state index >= 15 is 0 Å². The van der Waals surface area contributed by atoms with Gasteiger partial charge in [0.05, 0.1) is 5.69 Å². The zero-order chi connectivity index (χ0) is 20.9. The molecule has 0 unspecified atom stereocenters. The van der Waals surface area contributed by atoms with Gasteiger partial charge in [0.1, 0.15) is 6.54 Å². The van der Waals surface area contributed by atoms with Crippen molar-refractivity contribution >= 4 is 46.5 Å². The number of hydrogen-bond acceptors (Lipinski definition) is 5. The van der Waals surface area contributed by atoms with E-state index in [1.165, 1.54) is 21.5 Å². The minimum Gasteiger partial charge on any atom is -0.354 e. The molecule has 0 aliphatic carbocycles. The lowest BCUT2D eigenvalue weighted by molar-refractivity contribution is -0.135. The summed E-state index contributed by atoms with van der Waals surface area (Å²) >= 11 is 2.96. The van der Waals surface area contributed by atoms with Gasteiger partial charge in [0.25, 0.3) is 5.91 Å². The van der Waals surface area contributed by atoms with Gasteiger partial charge in [-0.2, -0.15) is 0 Å². The number of thioether (sulfide) groups is 1. The molecule has 1 N–H and O–H groups in total. The number of para-hydroxylation sites is 1. The number of carbonyl (C=O) groups is 3. The molecule has 0 spiro atoms. The van der Waals surface area contributed by atoms with Crippen LogP contribution in [-0.2, 0) is 20.8 Å². The van der Waals surface area contributed by atoms with Crippen LogP contribution in [0.3, 0.4) is 0 Å². The minimum absolute atomic E-state index is 0.0787. The molecule has 1 fully saturated rings. The summed E-state index contributed by atoms with van der Waals surface area (Å²) in [6.45, 7) is 1.85. The molecule has 6 nitrogen and oxygen atoms in total. The standard InChI is InChI=1S/C22H25N3O3S2/c26-19(23-11-10-16-7-6-14-29-16)15-25-17-8-2-3-9-18(17)30-20(22(25)28)21(27)24-12-4-1-5-13-24/h2-3,6-9,14,20H,1,4-5,10-13,15H2,(H,23,26)/t20-/m0/s1. The first-order chi connectivity index (χ1) is 14.6. The normalized spacial score (nSPS) is 18.8. The van der Waals surface area contributed by atoms with Gasteiger partial charge in [0.2, 0.25) is 11.8 Å². The first-order valence-electron chi connectivity index (χ1n) is 10.3. The van der Waals surface area contributed by atoms with Crippen molar-refractivity contribution in [2.45, 2.75) is 35.8 Å². The van der Waals surface area contributed by atoms with Gasteiger partial charge in [0.15, 0.2) is 5.25 Å². The lowest BCUT2D eigenvalue weighted by atomic mass is 10.1. The van der Waals surface area contributed by atoms with Gasteiger partial charge < -0.3 is 15.1 Å². The fourth-order valence-corrected chi connectivity index (χ4v) is 5.69. The molecule has 30 heavy (non-hydrogen) atoms. The highest BCUT2D eigenvalue weighted by Gasteiger charge is 2.40. The summed E-state index contributed by atoms with van der Waals surface area (Å²) in [5.41, 5.74) is 0.698. The van der Waals surface area contributed by atoms with Gasteiger partial charge in [0, 0.05) is 29.4 Å². The van der Waals surface area contributed by atoms with Crippen LogP contribution in [0.15, 0.2) is 46.7 Å². The Kier molecular flexibility index (Phi) is 6.74. The molecule has 4 rings (SSSR count). The number of benzene rings is 1. The van der Waals surface area contributed by atoms with Gasteiger partial charge in [-0.15, -0.1) is 23.1 Å². The molecule has 3 heterocycles. The molecule has 158 valence electrons. The van der Waals surface area contributed by atoms with Crippen LogP contribution in [-0.4, -0.2) is 54.1 Å². The maximum Gasteiger partial charge on any atom is 0.250 e. The van der Waals surface area contributed by atoms with E-state index in [0.29, 0.717) is 25.3 Å². The summed E-state index contributed by atoms with van der Waals surface area (Å²) in [6.07, 6.45) is 3.84. The molecular weight excluding hydrogens is 418 g/mol. The maximum absolute atomic E-state index is 13.2. The number of piperidine rings is 1. The van der Waals surface area contributed by atoms with E-state index in [4.69, 9.17) is 0 Å². The predicted molar refractivity (Wildman–Crippen MR) is 120 cm³/mol. The second kappa shape index (κ2) is 9.66. The number of carbonyl (C=O) groups excluding carboxylic acids is 3. The third-order valence-electron chi connectivity index (χ3n) is 5.36. The van der Waals surface area contributed by atoms with Gasteiger partial charge in [-0.1, -0.05) is 18.2 Å². The number of thiophene rings is 1. The predicted octanol–water partition coefficient (Wildman–Crippen LogP) is 2.93. The average Bonchev–Trinajstić information content (AvgIpc) is 3.29. The number of anilines is 1. The highest BCUT2D eigenvalue weighted by Crippen LogP contribution is 2.39. The molecule has 2 aliphatic rings. The fraction of sp³-hybridized carbons (Fsp3) is 0.409. The van der Waals surface area contributed by atoms with Gasteiger partial charge in [-0.05, 0) is 49.3 Å². The number of fused-ring (bicyclic) bond motifs is 1. The molecule has 1 aromatic carbocycles. The summed E-state index contributed by atoms with van der Waals surface area (Å²) in [4.78, 5) is 44.2. The lowest BCUT2D eigenvalue weighted by Gasteiger charge is -2.36. The molecule has 1 atom stereocenters. The Bertz CT molecular complexity index is 910. The average molecular weight is 444 g/mol. The van der Waals surface area contributed by atoms with E-state index < -0.39 is 5.25 Å². The number of hydrogen-bond donors (Lipinski definition) is 1. The zero-order valence-corrected chi connectivity index (χ0v) is 18.3. The Balaban J connectivity index is 1.45. The van der Waals surface area contributed by atoms with Crippen molar-refractivity contribution in [1.29, 1.82) is 0 Å². The van der Waals surface area contributed by atoms with E-state index in [1.807, 2.05) is 41.8 Å². The van der Waals surface area contributed by atoms with Gasteiger partial charge in [-0.25, -0.2) is 0 Å². The second-order valence-electron chi connectivity index (χ2n) is 7.46. The number of likely N-dealkylation sites (tertiary alicyclic amines) is 1. The van der Waals surface area contributed by atoms with Crippen molar-refractivity contribution in [2.75, 3.05) is 31.1 Å². The Morgan fingerprint density at radius 2 is 1.87 bits per heavy atom. The van der Waals surface area contributed by atoms with Crippen molar-refractivity contribution in [1.82, 2.24) is 10.2 Å². The molecule has 2 aliphatic heterocycles. The smallest absolute Gasteiger partial charge is 0.250 e. The Morgan fingerprint density at radius 1 is 1.07 bits per heavy atom. The monoisotopic (exact) mass is 443 g/mol. The fourth-order valence-electron chi connectivity index (χ4n) is 3.80. The van der Waals surface area contributed by atoms with E-state index in [1.54, 1.807) is 16.2 Å². The van der Waals surface area contributed by atoms with Crippen LogP contribution in [0.2, 0.25) is 0 Å². The molecule has 8 heteroatoms. The quantitative estimate of drug-likeness (QED) is 0.697. The van der Waals surface area contributed by atoms with Crippen molar-refractivity contribution in [3.05, 3.63) is 46.7 Å². The molecule has 2 aromatic rings. The maximum atomic E-state index is 13.2. The largest absolute Gasteiger partial charge is 0.354 e. The third kappa shape index (κ3) is 4.70. The first kappa shape index (κ1) is 20.9. The molecule has 1 aromatic heterocycles. The zero-order valence-electron chi connectivity index (χ0n) is 16.7. The first-order valence-corrected chi connectivity index (χ1v) is 12.0. The number of rotatable bonds is 6. The van der Waals surface area contributed by atoms with Crippen LogP contribution in [0, 0.1) is 0 Å². The summed E-state index contributed by atoms with van der Waals surface area (Å²) in [6, 6.07) is 11.5. The molecule has 0 radical (unpaired) electrons. The highest BCUT2D eigenvalue weighted by atomic mass is 32.2. The summed E-state index contributed by atoms with van der Waals surface area (Å²) in [5.74, 6) is -0.657. The number of nitrogens with one attached hydrogen (secondary N) is 1. The minimum atomic E-state index is -0.822. The lowest BCUT2D eigenvalue weighted by Crippen LogP contribution is -2.52. The number of amides is 3. The van der Waals surface area contributed by atoms with Gasteiger partial charge in [-0.3, -0.25) is 14.4 Å².